The molecule has 11 heavy (non-hydrogen) atoms. The van der Waals surface area contributed by atoms with E-state index < -0.39 is 5.97 Å². The highest BCUT2D eigenvalue weighted by Crippen LogP contribution is 2.08. The van der Waals surface area contributed by atoms with E-state index in [1.807, 2.05) is 0 Å². The van der Waals surface area contributed by atoms with Crippen molar-refractivity contribution in [3.05, 3.63) is 23.0 Å². The predicted octanol–water partition coefficient (Wildman–Crippen LogP) is -0.209. The molecule has 4 heteroatoms. The Morgan fingerprint density at radius 2 is 2.45 bits per heavy atom. The standard InChI is InChI=1S/C7H10N2O2/c1-4-2-5(7(10)11)3-9-6(4)8/h2,9H,3,8H2,1H3,(H,10,11). The third-order valence-electron chi connectivity index (χ3n) is 1.56. The summed E-state index contributed by atoms with van der Waals surface area (Å²) in [6.45, 7) is 2.07. The normalized spacial score (nSPS) is 17.4. The molecule has 4 N–H and O–H groups in total. The van der Waals surface area contributed by atoms with Crippen molar-refractivity contribution < 1.29 is 9.90 Å². The first-order valence-corrected chi connectivity index (χ1v) is 3.25. The van der Waals surface area contributed by atoms with Crippen LogP contribution in [0.2, 0.25) is 0 Å². The fourth-order valence-corrected chi connectivity index (χ4v) is 0.857. The highest BCUT2D eigenvalue weighted by atomic mass is 16.4. The molecule has 0 bridgehead atoms. The van der Waals surface area contributed by atoms with E-state index in [0.717, 1.165) is 5.57 Å². The fourth-order valence-electron chi connectivity index (χ4n) is 0.857. The van der Waals surface area contributed by atoms with E-state index >= 15 is 0 Å². The van der Waals surface area contributed by atoms with Crippen molar-refractivity contribution in [1.82, 2.24) is 5.32 Å². The minimum absolute atomic E-state index is 0.304. The number of carboxylic acids is 1. The van der Waals surface area contributed by atoms with Gasteiger partial charge in [-0.3, -0.25) is 0 Å². The fraction of sp³-hybridized carbons (Fsp3) is 0.286. The minimum atomic E-state index is -0.899. The number of carbonyl (C=O) groups is 1. The first-order chi connectivity index (χ1) is 5.11. The van der Waals surface area contributed by atoms with Crippen molar-refractivity contribution in [2.45, 2.75) is 6.92 Å². The summed E-state index contributed by atoms with van der Waals surface area (Å²) in [5.41, 5.74) is 6.59. The van der Waals surface area contributed by atoms with E-state index in [4.69, 9.17) is 10.8 Å². The molecule has 4 nitrogen and oxygen atoms in total. The summed E-state index contributed by atoms with van der Waals surface area (Å²) >= 11 is 0. The van der Waals surface area contributed by atoms with Crippen LogP contribution in [0.5, 0.6) is 0 Å². The molecular formula is C7H10N2O2. The number of carboxylic acid groups (broad SMARTS) is 1. The van der Waals surface area contributed by atoms with Gasteiger partial charge in [-0.05, 0) is 18.6 Å². The Hall–Kier alpha value is -1.45. The van der Waals surface area contributed by atoms with Crippen molar-refractivity contribution in [1.29, 1.82) is 0 Å². The van der Waals surface area contributed by atoms with E-state index in [9.17, 15) is 4.79 Å². The quantitative estimate of drug-likeness (QED) is 0.488. The third-order valence-corrected chi connectivity index (χ3v) is 1.56. The number of hydrogen-bond acceptors (Lipinski definition) is 3. The van der Waals surface area contributed by atoms with Gasteiger partial charge in [0.25, 0.3) is 0 Å². The van der Waals surface area contributed by atoms with Crippen LogP contribution < -0.4 is 11.1 Å². The van der Waals surface area contributed by atoms with Crippen LogP contribution in [0.3, 0.4) is 0 Å². The first kappa shape index (κ1) is 7.65. The van der Waals surface area contributed by atoms with Crippen molar-refractivity contribution in [3.63, 3.8) is 0 Å². The van der Waals surface area contributed by atoms with Gasteiger partial charge in [-0.2, -0.15) is 0 Å². The van der Waals surface area contributed by atoms with Crippen molar-refractivity contribution in [3.8, 4) is 0 Å². The summed E-state index contributed by atoms with van der Waals surface area (Å²) in [7, 11) is 0. The van der Waals surface area contributed by atoms with Crippen LogP contribution in [0.25, 0.3) is 0 Å². The number of nitrogens with one attached hydrogen (secondary N) is 1. The summed E-state index contributed by atoms with van der Waals surface area (Å²) in [6, 6.07) is 0. The Kier molecular flexibility index (Phi) is 1.85. The molecule has 0 unspecified atom stereocenters. The van der Waals surface area contributed by atoms with Crippen LogP contribution in [0.15, 0.2) is 23.0 Å². The van der Waals surface area contributed by atoms with Gasteiger partial charge in [-0.15, -0.1) is 0 Å². The number of nitrogens with two attached hydrogens (primary N) is 1. The third kappa shape index (κ3) is 1.52. The lowest BCUT2D eigenvalue weighted by atomic mass is 10.1. The number of dihydropyridines is 1. The highest BCUT2D eigenvalue weighted by Gasteiger charge is 2.12. The van der Waals surface area contributed by atoms with E-state index in [0.29, 0.717) is 17.9 Å². The van der Waals surface area contributed by atoms with Crippen molar-refractivity contribution >= 4 is 5.97 Å². The predicted molar refractivity (Wildman–Crippen MR) is 40.6 cm³/mol. The number of hydrogen-bond donors (Lipinski definition) is 3. The van der Waals surface area contributed by atoms with E-state index in [1.165, 1.54) is 0 Å². The largest absolute Gasteiger partial charge is 0.478 e. The summed E-state index contributed by atoms with van der Waals surface area (Å²) in [6.07, 6.45) is 1.58. The molecule has 0 radical (unpaired) electrons. The molecule has 0 fully saturated rings. The molecule has 1 rings (SSSR count). The molecule has 0 amide bonds. The molecule has 0 aromatic heterocycles. The lowest BCUT2D eigenvalue weighted by Crippen LogP contribution is -2.29. The van der Waals surface area contributed by atoms with Gasteiger partial charge in [0.1, 0.15) is 0 Å². The van der Waals surface area contributed by atoms with Gasteiger partial charge < -0.3 is 16.2 Å². The lowest BCUT2D eigenvalue weighted by Gasteiger charge is -2.14. The molecule has 0 aromatic carbocycles. The van der Waals surface area contributed by atoms with E-state index in [1.54, 1.807) is 13.0 Å². The molecule has 1 aliphatic rings. The van der Waals surface area contributed by atoms with Gasteiger partial charge in [0.2, 0.25) is 0 Å². The van der Waals surface area contributed by atoms with Gasteiger partial charge in [0.05, 0.1) is 11.4 Å². The molecule has 1 heterocycles. The second-order valence-corrected chi connectivity index (χ2v) is 2.42. The van der Waals surface area contributed by atoms with Crippen molar-refractivity contribution in [2.24, 2.45) is 5.73 Å². The van der Waals surface area contributed by atoms with Crippen LogP contribution in [0.4, 0.5) is 0 Å². The van der Waals surface area contributed by atoms with Crippen LogP contribution >= 0.6 is 0 Å². The maximum Gasteiger partial charge on any atom is 0.333 e. The average Bonchev–Trinajstić information content (AvgIpc) is 1.94. The Balaban J connectivity index is 2.89. The lowest BCUT2D eigenvalue weighted by molar-refractivity contribution is -0.132. The first-order valence-electron chi connectivity index (χ1n) is 3.25. The van der Waals surface area contributed by atoms with Gasteiger partial charge in [0, 0.05) is 6.54 Å². The number of rotatable bonds is 1. The highest BCUT2D eigenvalue weighted by molar-refractivity contribution is 5.88. The monoisotopic (exact) mass is 154 g/mol. The van der Waals surface area contributed by atoms with Gasteiger partial charge in [-0.25, -0.2) is 4.79 Å². The molecule has 0 saturated carbocycles. The Bertz CT molecular complexity index is 253. The van der Waals surface area contributed by atoms with Gasteiger partial charge in [-0.1, -0.05) is 0 Å². The Morgan fingerprint density at radius 1 is 1.82 bits per heavy atom. The second-order valence-electron chi connectivity index (χ2n) is 2.42. The molecule has 0 atom stereocenters. The van der Waals surface area contributed by atoms with Crippen LogP contribution in [0, 0.1) is 0 Å². The summed E-state index contributed by atoms with van der Waals surface area (Å²) in [5, 5.41) is 11.3. The Morgan fingerprint density at radius 3 is 2.91 bits per heavy atom. The molecule has 1 aliphatic heterocycles. The topological polar surface area (TPSA) is 75.3 Å². The summed E-state index contributed by atoms with van der Waals surface area (Å²) < 4.78 is 0. The molecule has 0 saturated heterocycles. The maximum absolute atomic E-state index is 10.4. The van der Waals surface area contributed by atoms with Crippen molar-refractivity contribution in [2.75, 3.05) is 6.54 Å². The van der Waals surface area contributed by atoms with Gasteiger partial charge in [0.15, 0.2) is 0 Å². The average molecular weight is 154 g/mol. The van der Waals surface area contributed by atoms with Crippen LogP contribution in [-0.2, 0) is 4.79 Å². The molecular weight excluding hydrogens is 144 g/mol. The zero-order chi connectivity index (χ0) is 8.43. The maximum atomic E-state index is 10.4. The Labute approximate surface area is 64.4 Å². The van der Waals surface area contributed by atoms with Gasteiger partial charge >= 0.3 is 5.97 Å². The summed E-state index contributed by atoms with van der Waals surface area (Å²) in [4.78, 5) is 10.4. The van der Waals surface area contributed by atoms with E-state index in [2.05, 4.69) is 5.32 Å². The van der Waals surface area contributed by atoms with Crippen LogP contribution in [-0.4, -0.2) is 17.6 Å². The second kappa shape index (κ2) is 2.65. The SMILES string of the molecule is CC1=C(N)NCC(C(=O)O)=C1. The minimum Gasteiger partial charge on any atom is -0.478 e. The van der Waals surface area contributed by atoms with E-state index in [-0.39, 0.29) is 0 Å². The molecule has 0 spiro atoms. The summed E-state index contributed by atoms with van der Waals surface area (Å²) in [5.74, 6) is -0.348. The smallest absolute Gasteiger partial charge is 0.333 e. The molecule has 0 aliphatic carbocycles. The zero-order valence-corrected chi connectivity index (χ0v) is 6.22. The molecule has 60 valence electrons. The van der Waals surface area contributed by atoms with Crippen LogP contribution in [0.1, 0.15) is 6.92 Å². The number of aliphatic carboxylic acids is 1. The molecule has 0 aromatic rings. The number of allylic oxidation sites excluding steroid dienone is 2. The zero-order valence-electron chi connectivity index (χ0n) is 6.22.